The maximum Gasteiger partial charge on any atom is 0.162 e. The fraction of sp³-hybridized carbons (Fsp3) is 0.900. The molecule has 1 saturated heterocycles. The van der Waals surface area contributed by atoms with E-state index in [9.17, 15) is 13.2 Å². The van der Waals surface area contributed by atoms with Gasteiger partial charge >= 0.3 is 0 Å². The molecule has 0 amide bonds. The molecule has 0 saturated carbocycles. The molecule has 1 atom stereocenters. The first-order chi connectivity index (χ1) is 7.55. The van der Waals surface area contributed by atoms with E-state index in [4.69, 9.17) is 4.74 Å². The van der Waals surface area contributed by atoms with Gasteiger partial charge in [0.15, 0.2) is 5.78 Å². The lowest BCUT2D eigenvalue weighted by molar-refractivity contribution is -0.129. The fourth-order valence-electron chi connectivity index (χ4n) is 1.45. The highest BCUT2D eigenvalue weighted by Crippen LogP contribution is 2.15. The number of rotatable bonds is 6. The molecule has 1 unspecified atom stereocenters. The maximum atomic E-state index is 11.6. The smallest absolute Gasteiger partial charge is 0.162 e. The molecule has 0 aromatic heterocycles. The number of hydrogen-bond donors (Lipinski definition) is 0. The average molecular weight is 266 g/mol. The molecular formula is C10H18O4S2. The molecule has 1 heterocycles. The first-order valence-corrected chi connectivity index (χ1v) is 8.45. The second-order valence-corrected chi connectivity index (χ2v) is 7.36. The van der Waals surface area contributed by atoms with Gasteiger partial charge in [0.1, 0.15) is 15.9 Å². The van der Waals surface area contributed by atoms with Crippen LogP contribution in [0.2, 0.25) is 0 Å². The third-order valence-electron chi connectivity index (χ3n) is 2.49. The molecule has 0 aliphatic carbocycles. The van der Waals surface area contributed by atoms with Gasteiger partial charge in [0.05, 0.1) is 12.4 Å². The van der Waals surface area contributed by atoms with E-state index in [0.29, 0.717) is 25.2 Å². The predicted octanol–water partition coefficient (Wildman–Crippen LogP) is 0.902. The molecule has 0 radical (unpaired) electrons. The summed E-state index contributed by atoms with van der Waals surface area (Å²) in [5, 5.41) is 0. The van der Waals surface area contributed by atoms with Crippen molar-refractivity contribution in [2.75, 3.05) is 29.6 Å². The topological polar surface area (TPSA) is 60.4 Å². The molecule has 1 aliphatic heterocycles. The lowest BCUT2D eigenvalue weighted by Crippen LogP contribution is -2.31. The number of carbonyl (C=O) groups is 1. The zero-order valence-electron chi connectivity index (χ0n) is 9.48. The van der Waals surface area contributed by atoms with Crippen LogP contribution in [0, 0.1) is 0 Å². The minimum atomic E-state index is -2.94. The van der Waals surface area contributed by atoms with Crippen molar-refractivity contribution in [3.05, 3.63) is 0 Å². The molecule has 1 aliphatic rings. The number of ketones is 1. The van der Waals surface area contributed by atoms with Crippen LogP contribution >= 0.6 is 11.8 Å². The van der Waals surface area contributed by atoms with Gasteiger partial charge in [0.25, 0.3) is 0 Å². The van der Waals surface area contributed by atoms with Crippen molar-refractivity contribution in [3.63, 3.8) is 0 Å². The van der Waals surface area contributed by atoms with E-state index in [1.54, 1.807) is 18.7 Å². The predicted molar refractivity (Wildman–Crippen MR) is 65.6 cm³/mol. The Labute approximate surface area is 101 Å². The van der Waals surface area contributed by atoms with E-state index in [1.165, 1.54) is 0 Å². The summed E-state index contributed by atoms with van der Waals surface area (Å²) in [5.41, 5.74) is 0. The molecular weight excluding hydrogens is 248 g/mol. The molecule has 0 aromatic rings. The molecule has 94 valence electrons. The highest BCUT2D eigenvalue weighted by atomic mass is 32.2. The summed E-state index contributed by atoms with van der Waals surface area (Å²) in [5.74, 6) is 1.94. The van der Waals surface area contributed by atoms with Crippen LogP contribution in [0.25, 0.3) is 0 Å². The van der Waals surface area contributed by atoms with Crippen LogP contribution in [-0.4, -0.2) is 49.9 Å². The first kappa shape index (κ1) is 14.0. The van der Waals surface area contributed by atoms with Gasteiger partial charge in [-0.05, 0) is 6.42 Å². The Morgan fingerprint density at radius 3 is 2.81 bits per heavy atom. The molecule has 0 spiro atoms. The Hall–Kier alpha value is -0.0700. The van der Waals surface area contributed by atoms with Gasteiger partial charge in [0, 0.05) is 23.7 Å². The summed E-state index contributed by atoms with van der Waals surface area (Å²) in [6, 6.07) is 0. The standard InChI is InChI=1S/C10H18O4S2/c1-2-16(12,13)7-3-4-9(11)10-8-15-6-5-14-10/h10H,2-8H2,1H3. The van der Waals surface area contributed by atoms with Crippen LogP contribution in [-0.2, 0) is 19.4 Å². The van der Waals surface area contributed by atoms with E-state index in [2.05, 4.69) is 0 Å². The van der Waals surface area contributed by atoms with Crippen LogP contribution in [0.5, 0.6) is 0 Å². The summed E-state index contributed by atoms with van der Waals surface area (Å²) < 4.78 is 27.7. The molecule has 0 N–H and O–H groups in total. The Morgan fingerprint density at radius 1 is 1.50 bits per heavy atom. The van der Waals surface area contributed by atoms with E-state index in [1.807, 2.05) is 0 Å². The van der Waals surface area contributed by atoms with Crippen LogP contribution in [0.15, 0.2) is 0 Å². The van der Waals surface area contributed by atoms with Gasteiger partial charge in [0.2, 0.25) is 0 Å². The number of thioether (sulfide) groups is 1. The summed E-state index contributed by atoms with van der Waals surface area (Å²) in [4.78, 5) is 11.6. The van der Waals surface area contributed by atoms with Crippen LogP contribution in [0.3, 0.4) is 0 Å². The summed E-state index contributed by atoms with van der Waals surface area (Å²) in [7, 11) is -2.94. The van der Waals surface area contributed by atoms with E-state index in [0.717, 1.165) is 5.75 Å². The zero-order valence-corrected chi connectivity index (χ0v) is 11.1. The number of sulfone groups is 1. The lowest BCUT2D eigenvalue weighted by atomic mass is 10.1. The molecule has 0 bridgehead atoms. The average Bonchev–Trinajstić information content (AvgIpc) is 2.30. The molecule has 16 heavy (non-hydrogen) atoms. The van der Waals surface area contributed by atoms with Crippen LogP contribution < -0.4 is 0 Å². The SMILES string of the molecule is CCS(=O)(=O)CCCC(=O)C1CSCCO1. The van der Waals surface area contributed by atoms with Crippen molar-refractivity contribution in [3.8, 4) is 0 Å². The van der Waals surface area contributed by atoms with Crippen LogP contribution in [0.1, 0.15) is 19.8 Å². The Balaban J connectivity index is 2.24. The number of carbonyl (C=O) groups excluding carboxylic acids is 1. The fourth-order valence-corrected chi connectivity index (χ4v) is 3.20. The molecule has 0 aromatic carbocycles. The normalized spacial score (nSPS) is 21.9. The minimum Gasteiger partial charge on any atom is -0.369 e. The Bertz CT molecular complexity index is 318. The van der Waals surface area contributed by atoms with Gasteiger partial charge in [-0.25, -0.2) is 8.42 Å². The minimum absolute atomic E-state index is 0.0403. The second kappa shape index (κ2) is 6.61. The lowest BCUT2D eigenvalue weighted by Gasteiger charge is -2.20. The molecule has 1 rings (SSSR count). The highest BCUT2D eigenvalue weighted by molar-refractivity contribution is 7.99. The number of Topliss-reactive ketones (excluding diaryl/α,β-unsaturated/α-hetero) is 1. The maximum absolute atomic E-state index is 11.6. The number of hydrogen-bond acceptors (Lipinski definition) is 5. The van der Waals surface area contributed by atoms with E-state index >= 15 is 0 Å². The molecule has 6 heteroatoms. The van der Waals surface area contributed by atoms with Crippen molar-refractivity contribution in [2.24, 2.45) is 0 Å². The van der Waals surface area contributed by atoms with Gasteiger partial charge < -0.3 is 4.74 Å². The van der Waals surface area contributed by atoms with E-state index < -0.39 is 9.84 Å². The molecule has 1 fully saturated rings. The summed E-state index contributed by atoms with van der Waals surface area (Å²) in [6.45, 7) is 2.24. The first-order valence-electron chi connectivity index (χ1n) is 5.47. The monoisotopic (exact) mass is 266 g/mol. The quantitative estimate of drug-likeness (QED) is 0.715. The van der Waals surface area contributed by atoms with Crippen molar-refractivity contribution in [1.29, 1.82) is 0 Å². The van der Waals surface area contributed by atoms with Gasteiger partial charge in [-0.3, -0.25) is 4.79 Å². The summed E-state index contributed by atoms with van der Waals surface area (Å²) >= 11 is 1.71. The molecule has 4 nitrogen and oxygen atoms in total. The third kappa shape index (κ3) is 4.84. The number of ether oxygens (including phenoxy) is 1. The van der Waals surface area contributed by atoms with Gasteiger partial charge in [-0.2, -0.15) is 11.8 Å². The van der Waals surface area contributed by atoms with Gasteiger partial charge in [-0.1, -0.05) is 6.92 Å². The van der Waals surface area contributed by atoms with Gasteiger partial charge in [-0.15, -0.1) is 0 Å². The Morgan fingerprint density at radius 2 is 2.25 bits per heavy atom. The largest absolute Gasteiger partial charge is 0.369 e. The second-order valence-electron chi connectivity index (χ2n) is 3.74. The van der Waals surface area contributed by atoms with Crippen molar-refractivity contribution < 1.29 is 17.9 Å². The summed E-state index contributed by atoms with van der Waals surface area (Å²) in [6.07, 6.45) is 0.410. The van der Waals surface area contributed by atoms with Crippen molar-refractivity contribution in [1.82, 2.24) is 0 Å². The Kier molecular flexibility index (Phi) is 5.78. The van der Waals surface area contributed by atoms with Crippen molar-refractivity contribution >= 4 is 27.4 Å². The zero-order chi connectivity index (χ0) is 12.0. The van der Waals surface area contributed by atoms with Crippen molar-refractivity contribution in [2.45, 2.75) is 25.9 Å². The third-order valence-corrected chi connectivity index (χ3v) is 5.28. The van der Waals surface area contributed by atoms with Crippen LogP contribution in [0.4, 0.5) is 0 Å². The highest BCUT2D eigenvalue weighted by Gasteiger charge is 2.22. The van der Waals surface area contributed by atoms with E-state index in [-0.39, 0.29) is 23.4 Å².